The first kappa shape index (κ1) is 21.7. The smallest absolute Gasteiger partial charge is 0.241 e. The van der Waals surface area contributed by atoms with Crippen LogP contribution in [0.4, 0.5) is 0 Å². The van der Waals surface area contributed by atoms with Gasteiger partial charge in [-0.2, -0.15) is 4.72 Å². The van der Waals surface area contributed by atoms with Crippen molar-refractivity contribution in [2.45, 2.75) is 64.8 Å². The van der Waals surface area contributed by atoms with Gasteiger partial charge in [0.15, 0.2) is 0 Å². The lowest BCUT2D eigenvalue weighted by Gasteiger charge is -2.32. The number of ether oxygens (including phenoxy) is 1. The van der Waals surface area contributed by atoms with Crippen LogP contribution < -0.4 is 9.46 Å². The van der Waals surface area contributed by atoms with Gasteiger partial charge < -0.3 is 9.64 Å². The fraction of sp³-hybridized carbons (Fsp3) is 0.650. The minimum atomic E-state index is -3.83. The van der Waals surface area contributed by atoms with E-state index >= 15 is 0 Å². The molecule has 1 amide bonds. The van der Waals surface area contributed by atoms with Crippen LogP contribution in [0, 0.1) is 19.8 Å². The molecule has 1 aromatic rings. The van der Waals surface area contributed by atoms with E-state index in [1.807, 2.05) is 27.7 Å². The van der Waals surface area contributed by atoms with E-state index in [1.54, 1.807) is 24.0 Å². The Hall–Kier alpha value is -1.60. The largest absolute Gasteiger partial charge is 0.494 e. The third-order valence-electron chi connectivity index (χ3n) is 4.94. The first-order valence-corrected chi connectivity index (χ1v) is 11.2. The fourth-order valence-electron chi connectivity index (χ4n) is 3.38. The van der Waals surface area contributed by atoms with Gasteiger partial charge in [0.05, 0.1) is 11.5 Å². The molecule has 1 aromatic carbocycles. The number of piperidine rings is 1. The molecule has 6 nitrogen and oxygen atoms in total. The van der Waals surface area contributed by atoms with Gasteiger partial charge in [0.2, 0.25) is 15.9 Å². The quantitative estimate of drug-likeness (QED) is 0.769. The first-order chi connectivity index (χ1) is 12.7. The van der Waals surface area contributed by atoms with Crippen molar-refractivity contribution < 1.29 is 17.9 Å². The van der Waals surface area contributed by atoms with Gasteiger partial charge in [-0.05, 0) is 69.2 Å². The number of aryl methyl sites for hydroxylation is 2. The van der Waals surface area contributed by atoms with Gasteiger partial charge in [0.25, 0.3) is 0 Å². The van der Waals surface area contributed by atoms with Crippen LogP contribution in [-0.2, 0) is 14.8 Å². The highest BCUT2D eigenvalue weighted by molar-refractivity contribution is 7.89. The lowest BCUT2D eigenvalue weighted by molar-refractivity contribution is -0.134. The van der Waals surface area contributed by atoms with Crippen molar-refractivity contribution in [1.82, 2.24) is 9.62 Å². The van der Waals surface area contributed by atoms with Gasteiger partial charge in [0, 0.05) is 13.1 Å². The minimum Gasteiger partial charge on any atom is -0.494 e. The number of hydrogen-bond donors (Lipinski definition) is 1. The molecule has 1 fully saturated rings. The molecule has 1 heterocycles. The molecule has 0 saturated carbocycles. The number of nitrogens with zero attached hydrogens (tertiary/aromatic N) is 1. The van der Waals surface area contributed by atoms with E-state index in [1.165, 1.54) is 0 Å². The van der Waals surface area contributed by atoms with E-state index < -0.39 is 16.1 Å². The van der Waals surface area contributed by atoms with E-state index in [2.05, 4.69) is 4.72 Å². The van der Waals surface area contributed by atoms with Crippen LogP contribution >= 0.6 is 0 Å². The maximum atomic E-state index is 13.1. The highest BCUT2D eigenvalue weighted by Crippen LogP contribution is 2.26. The Balaban J connectivity index is 2.29. The Morgan fingerprint density at radius 3 is 2.33 bits per heavy atom. The van der Waals surface area contributed by atoms with Crippen LogP contribution in [0.3, 0.4) is 0 Å². The number of likely N-dealkylation sites (tertiary alicyclic amines) is 1. The molecule has 1 atom stereocenters. The standard InChI is InChI=1S/C20H32N2O4S/c1-6-26-17-12-16(5)18(13-15(17)4)27(24,25)21-19(14(2)3)20(23)22-10-8-7-9-11-22/h12-14,19,21H,6-11H2,1-5H3/t19-/m0/s1. The molecule has 2 rings (SSSR count). The highest BCUT2D eigenvalue weighted by Gasteiger charge is 2.32. The Bertz CT molecular complexity index is 768. The summed E-state index contributed by atoms with van der Waals surface area (Å²) in [5.74, 6) is 0.408. The van der Waals surface area contributed by atoms with E-state index in [4.69, 9.17) is 4.74 Å². The number of rotatable bonds is 7. The molecule has 0 aliphatic carbocycles. The highest BCUT2D eigenvalue weighted by atomic mass is 32.2. The van der Waals surface area contributed by atoms with E-state index in [9.17, 15) is 13.2 Å². The SMILES string of the molecule is CCOc1cc(C)c(S(=O)(=O)N[C@H](C(=O)N2CCCCC2)C(C)C)cc1C. The Kier molecular flexibility index (Phi) is 7.28. The lowest BCUT2D eigenvalue weighted by atomic mass is 10.0. The predicted molar refractivity (Wildman–Crippen MR) is 106 cm³/mol. The second kappa shape index (κ2) is 9.06. The number of nitrogens with one attached hydrogen (secondary N) is 1. The summed E-state index contributed by atoms with van der Waals surface area (Å²) in [7, 11) is -3.83. The second-order valence-corrected chi connectivity index (χ2v) is 9.23. The van der Waals surface area contributed by atoms with E-state index in [0.29, 0.717) is 31.0 Å². The summed E-state index contributed by atoms with van der Waals surface area (Å²) in [6, 6.07) is 2.59. The zero-order chi connectivity index (χ0) is 20.2. The average molecular weight is 397 g/mol. The van der Waals surface area contributed by atoms with Crippen molar-refractivity contribution in [3.8, 4) is 5.75 Å². The Morgan fingerprint density at radius 1 is 1.15 bits per heavy atom. The summed E-state index contributed by atoms with van der Waals surface area (Å²) < 4.78 is 34.3. The van der Waals surface area contributed by atoms with E-state index in [-0.39, 0.29) is 16.7 Å². The lowest BCUT2D eigenvalue weighted by Crippen LogP contribution is -2.52. The van der Waals surface area contributed by atoms with Crippen LogP contribution in [-0.4, -0.2) is 45.0 Å². The van der Waals surface area contributed by atoms with Crippen LogP contribution in [0.25, 0.3) is 0 Å². The normalized spacial score (nSPS) is 16.4. The van der Waals surface area contributed by atoms with Gasteiger partial charge in [0.1, 0.15) is 11.8 Å². The first-order valence-electron chi connectivity index (χ1n) is 9.72. The maximum Gasteiger partial charge on any atom is 0.241 e. The van der Waals surface area contributed by atoms with Gasteiger partial charge in [-0.25, -0.2) is 8.42 Å². The number of amides is 1. The van der Waals surface area contributed by atoms with Gasteiger partial charge in [-0.15, -0.1) is 0 Å². The summed E-state index contributed by atoms with van der Waals surface area (Å²) in [5, 5.41) is 0. The van der Waals surface area contributed by atoms with Crippen LogP contribution in [0.2, 0.25) is 0 Å². The molecule has 1 saturated heterocycles. The summed E-state index contributed by atoms with van der Waals surface area (Å²) >= 11 is 0. The molecule has 1 N–H and O–H groups in total. The van der Waals surface area contributed by atoms with Crippen LogP contribution in [0.1, 0.15) is 51.2 Å². The van der Waals surface area contributed by atoms with Crippen molar-refractivity contribution in [2.24, 2.45) is 5.92 Å². The Labute approximate surface area is 163 Å². The number of hydrogen-bond acceptors (Lipinski definition) is 4. The third kappa shape index (κ3) is 5.23. The summed E-state index contributed by atoms with van der Waals surface area (Å²) in [6.07, 6.45) is 3.06. The number of carbonyl (C=O) groups is 1. The van der Waals surface area contributed by atoms with Crippen molar-refractivity contribution in [1.29, 1.82) is 0 Å². The molecule has 7 heteroatoms. The molecule has 0 unspecified atom stereocenters. The third-order valence-corrected chi connectivity index (χ3v) is 6.53. The van der Waals surface area contributed by atoms with Crippen molar-refractivity contribution in [3.05, 3.63) is 23.3 Å². The van der Waals surface area contributed by atoms with Gasteiger partial charge in [-0.3, -0.25) is 4.79 Å². The monoisotopic (exact) mass is 396 g/mol. The van der Waals surface area contributed by atoms with Crippen molar-refractivity contribution in [2.75, 3.05) is 19.7 Å². The molecule has 0 radical (unpaired) electrons. The van der Waals surface area contributed by atoms with Crippen molar-refractivity contribution >= 4 is 15.9 Å². The molecular weight excluding hydrogens is 364 g/mol. The van der Waals surface area contributed by atoms with Crippen molar-refractivity contribution in [3.63, 3.8) is 0 Å². The minimum absolute atomic E-state index is 0.131. The number of sulfonamides is 1. The van der Waals surface area contributed by atoms with E-state index in [0.717, 1.165) is 24.8 Å². The molecule has 0 bridgehead atoms. The molecule has 0 spiro atoms. The second-order valence-electron chi connectivity index (χ2n) is 7.55. The molecule has 0 aromatic heterocycles. The summed E-state index contributed by atoms with van der Waals surface area (Å²) in [6.45, 7) is 11.1. The number of benzene rings is 1. The van der Waals surface area contributed by atoms with Crippen LogP contribution in [0.15, 0.2) is 17.0 Å². The molecule has 1 aliphatic rings. The van der Waals surface area contributed by atoms with Gasteiger partial charge in [-0.1, -0.05) is 13.8 Å². The van der Waals surface area contributed by atoms with Gasteiger partial charge >= 0.3 is 0 Å². The Morgan fingerprint density at radius 2 is 1.78 bits per heavy atom. The number of carbonyl (C=O) groups excluding carboxylic acids is 1. The average Bonchev–Trinajstić information content (AvgIpc) is 2.62. The van der Waals surface area contributed by atoms with Crippen LogP contribution in [0.5, 0.6) is 5.75 Å². The molecule has 1 aliphatic heterocycles. The predicted octanol–water partition coefficient (Wildman–Crippen LogP) is 3.02. The topological polar surface area (TPSA) is 75.7 Å². The summed E-state index contributed by atoms with van der Waals surface area (Å²) in [4.78, 5) is 14.9. The molecule has 152 valence electrons. The zero-order valence-corrected chi connectivity index (χ0v) is 17.9. The molecular formula is C20H32N2O4S. The molecule has 27 heavy (non-hydrogen) atoms. The maximum absolute atomic E-state index is 13.1. The zero-order valence-electron chi connectivity index (χ0n) is 17.0. The summed E-state index contributed by atoms with van der Waals surface area (Å²) in [5.41, 5.74) is 1.36. The fourth-order valence-corrected chi connectivity index (χ4v) is 5.03.